The van der Waals surface area contributed by atoms with E-state index in [0.29, 0.717) is 18.4 Å². The molecule has 6 nitrogen and oxygen atoms in total. The molecule has 0 spiro atoms. The Labute approximate surface area is 116 Å². The summed E-state index contributed by atoms with van der Waals surface area (Å²) < 4.78 is 13.4. The van der Waals surface area contributed by atoms with E-state index < -0.39 is 0 Å². The first-order valence-corrected chi connectivity index (χ1v) is 6.29. The SMILES string of the molecule is CN(C)c1nc(N)nc(N2CCc3ccc(F)cc32)n1. The van der Waals surface area contributed by atoms with Crippen molar-refractivity contribution >= 4 is 23.5 Å². The van der Waals surface area contributed by atoms with Gasteiger partial charge in [-0.3, -0.25) is 0 Å². The highest BCUT2D eigenvalue weighted by molar-refractivity contribution is 5.66. The third-order valence-electron chi connectivity index (χ3n) is 3.21. The van der Waals surface area contributed by atoms with Crippen LogP contribution in [0.3, 0.4) is 0 Å². The van der Waals surface area contributed by atoms with Crippen LogP contribution in [0.4, 0.5) is 27.9 Å². The van der Waals surface area contributed by atoms with Crippen LogP contribution in [-0.4, -0.2) is 35.6 Å². The van der Waals surface area contributed by atoms with Crippen molar-refractivity contribution in [3.05, 3.63) is 29.6 Å². The summed E-state index contributed by atoms with van der Waals surface area (Å²) in [7, 11) is 3.66. The molecule has 0 aliphatic carbocycles. The Bertz CT molecular complexity index is 657. The van der Waals surface area contributed by atoms with Crippen LogP contribution in [0.5, 0.6) is 0 Å². The minimum absolute atomic E-state index is 0.156. The fraction of sp³-hybridized carbons (Fsp3) is 0.308. The predicted octanol–water partition coefficient (Wildman–Crippen LogP) is 1.35. The monoisotopic (exact) mass is 274 g/mol. The van der Waals surface area contributed by atoms with Gasteiger partial charge in [0, 0.05) is 20.6 Å². The van der Waals surface area contributed by atoms with Crippen LogP contribution in [0, 0.1) is 5.82 Å². The van der Waals surface area contributed by atoms with Crippen LogP contribution in [0.15, 0.2) is 18.2 Å². The second kappa shape index (κ2) is 4.59. The summed E-state index contributed by atoms with van der Waals surface area (Å²) in [6.45, 7) is 0.703. The normalized spacial score (nSPS) is 13.4. The third kappa shape index (κ3) is 2.11. The predicted molar refractivity (Wildman–Crippen MR) is 75.7 cm³/mol. The van der Waals surface area contributed by atoms with Gasteiger partial charge in [0.2, 0.25) is 17.8 Å². The number of nitrogen functional groups attached to an aromatic ring is 1. The van der Waals surface area contributed by atoms with Crippen LogP contribution >= 0.6 is 0 Å². The molecule has 2 aromatic rings. The summed E-state index contributed by atoms with van der Waals surface area (Å²) in [4.78, 5) is 16.2. The van der Waals surface area contributed by atoms with Gasteiger partial charge < -0.3 is 15.5 Å². The highest BCUT2D eigenvalue weighted by Crippen LogP contribution is 2.33. The number of nitrogens with zero attached hydrogens (tertiary/aromatic N) is 5. The van der Waals surface area contributed by atoms with E-state index in [-0.39, 0.29) is 11.8 Å². The van der Waals surface area contributed by atoms with E-state index in [9.17, 15) is 4.39 Å². The molecule has 1 aromatic heterocycles. The van der Waals surface area contributed by atoms with E-state index in [1.54, 1.807) is 11.0 Å². The van der Waals surface area contributed by atoms with E-state index >= 15 is 0 Å². The summed E-state index contributed by atoms with van der Waals surface area (Å²) in [5.74, 6) is 0.817. The summed E-state index contributed by atoms with van der Waals surface area (Å²) in [6.07, 6.45) is 0.832. The molecular formula is C13H15FN6. The zero-order valence-electron chi connectivity index (χ0n) is 11.3. The topological polar surface area (TPSA) is 71.2 Å². The van der Waals surface area contributed by atoms with Gasteiger partial charge in [0.25, 0.3) is 0 Å². The quantitative estimate of drug-likeness (QED) is 0.891. The average molecular weight is 274 g/mol. The van der Waals surface area contributed by atoms with Gasteiger partial charge in [-0.25, -0.2) is 4.39 Å². The number of anilines is 4. The Morgan fingerprint density at radius 2 is 2.05 bits per heavy atom. The van der Waals surface area contributed by atoms with Crippen LogP contribution in [0.2, 0.25) is 0 Å². The molecule has 3 rings (SSSR count). The van der Waals surface area contributed by atoms with Crippen molar-refractivity contribution in [3.8, 4) is 0 Å². The molecule has 20 heavy (non-hydrogen) atoms. The van der Waals surface area contributed by atoms with Gasteiger partial charge in [0.15, 0.2) is 0 Å². The van der Waals surface area contributed by atoms with Crippen molar-refractivity contribution in [2.24, 2.45) is 0 Å². The largest absolute Gasteiger partial charge is 0.368 e. The second-order valence-electron chi connectivity index (χ2n) is 4.86. The lowest BCUT2D eigenvalue weighted by molar-refractivity contribution is 0.628. The molecule has 1 aromatic carbocycles. The Morgan fingerprint density at radius 1 is 1.25 bits per heavy atom. The van der Waals surface area contributed by atoms with Crippen LogP contribution in [-0.2, 0) is 6.42 Å². The molecule has 0 amide bonds. The van der Waals surface area contributed by atoms with E-state index in [4.69, 9.17) is 5.73 Å². The lowest BCUT2D eigenvalue weighted by atomic mass is 10.2. The number of fused-ring (bicyclic) bond motifs is 1. The van der Waals surface area contributed by atoms with Crippen LogP contribution in [0.25, 0.3) is 0 Å². The van der Waals surface area contributed by atoms with Crippen LogP contribution in [0.1, 0.15) is 5.56 Å². The molecular weight excluding hydrogens is 259 g/mol. The summed E-state index contributed by atoms with van der Waals surface area (Å²) in [5, 5.41) is 0. The molecule has 0 bridgehead atoms. The lowest BCUT2D eigenvalue weighted by Crippen LogP contribution is -2.21. The van der Waals surface area contributed by atoms with Crippen molar-refractivity contribution < 1.29 is 4.39 Å². The van der Waals surface area contributed by atoms with Gasteiger partial charge in [0.05, 0.1) is 5.69 Å². The number of nitrogens with two attached hydrogens (primary N) is 1. The third-order valence-corrected chi connectivity index (χ3v) is 3.21. The fourth-order valence-corrected chi connectivity index (χ4v) is 2.25. The van der Waals surface area contributed by atoms with Gasteiger partial charge in [-0.05, 0) is 24.1 Å². The second-order valence-corrected chi connectivity index (χ2v) is 4.86. The first-order valence-electron chi connectivity index (χ1n) is 6.29. The summed E-state index contributed by atoms with van der Waals surface area (Å²) >= 11 is 0. The Kier molecular flexibility index (Phi) is 2.89. The van der Waals surface area contributed by atoms with Crippen molar-refractivity contribution in [3.63, 3.8) is 0 Å². The molecule has 0 atom stereocenters. The Balaban J connectivity index is 2.06. The summed E-state index contributed by atoms with van der Waals surface area (Å²) in [5.41, 5.74) is 7.60. The number of aromatic nitrogens is 3. The number of rotatable bonds is 2. The van der Waals surface area contributed by atoms with E-state index in [1.807, 2.05) is 19.0 Å². The van der Waals surface area contributed by atoms with Gasteiger partial charge in [0.1, 0.15) is 5.82 Å². The summed E-state index contributed by atoms with van der Waals surface area (Å²) in [6, 6.07) is 4.76. The van der Waals surface area contributed by atoms with Gasteiger partial charge >= 0.3 is 0 Å². The van der Waals surface area contributed by atoms with Gasteiger partial charge in [-0.15, -0.1) is 0 Å². The molecule has 104 valence electrons. The number of hydrogen-bond acceptors (Lipinski definition) is 6. The fourth-order valence-electron chi connectivity index (χ4n) is 2.25. The van der Waals surface area contributed by atoms with Crippen molar-refractivity contribution in [1.82, 2.24) is 15.0 Å². The Hall–Kier alpha value is -2.44. The molecule has 0 saturated carbocycles. The minimum atomic E-state index is -0.273. The van der Waals surface area contributed by atoms with E-state index in [1.165, 1.54) is 12.1 Å². The average Bonchev–Trinajstić information content (AvgIpc) is 2.80. The zero-order valence-corrected chi connectivity index (χ0v) is 11.3. The smallest absolute Gasteiger partial charge is 0.236 e. The first-order chi connectivity index (χ1) is 9.54. The maximum atomic E-state index is 13.4. The van der Waals surface area contributed by atoms with E-state index in [2.05, 4.69) is 15.0 Å². The van der Waals surface area contributed by atoms with Crippen molar-refractivity contribution in [2.75, 3.05) is 36.2 Å². The number of hydrogen-bond donors (Lipinski definition) is 1. The van der Waals surface area contributed by atoms with E-state index in [0.717, 1.165) is 17.7 Å². The first kappa shape index (κ1) is 12.6. The molecule has 0 saturated heterocycles. The number of halogens is 1. The molecule has 0 fully saturated rings. The highest BCUT2D eigenvalue weighted by atomic mass is 19.1. The maximum Gasteiger partial charge on any atom is 0.236 e. The molecule has 1 aliphatic rings. The molecule has 2 heterocycles. The molecule has 2 N–H and O–H groups in total. The molecule has 0 radical (unpaired) electrons. The molecule has 0 unspecified atom stereocenters. The van der Waals surface area contributed by atoms with Crippen molar-refractivity contribution in [2.45, 2.75) is 6.42 Å². The zero-order chi connectivity index (χ0) is 14.3. The molecule has 1 aliphatic heterocycles. The van der Waals surface area contributed by atoms with Crippen molar-refractivity contribution in [1.29, 1.82) is 0 Å². The number of benzene rings is 1. The molecule has 7 heteroatoms. The highest BCUT2D eigenvalue weighted by Gasteiger charge is 2.24. The van der Waals surface area contributed by atoms with Crippen LogP contribution < -0.4 is 15.5 Å². The standard InChI is InChI=1S/C13H15FN6/c1-19(2)12-16-11(15)17-13(18-12)20-6-5-8-3-4-9(14)7-10(8)20/h3-4,7H,5-6H2,1-2H3,(H2,15,16,17,18). The maximum absolute atomic E-state index is 13.4. The minimum Gasteiger partial charge on any atom is -0.368 e. The lowest BCUT2D eigenvalue weighted by Gasteiger charge is -2.19. The Morgan fingerprint density at radius 3 is 2.80 bits per heavy atom. The van der Waals surface area contributed by atoms with Gasteiger partial charge in [-0.1, -0.05) is 6.07 Å². The van der Waals surface area contributed by atoms with Gasteiger partial charge in [-0.2, -0.15) is 15.0 Å².